The van der Waals surface area contributed by atoms with Crippen molar-refractivity contribution in [1.29, 1.82) is 0 Å². The van der Waals surface area contributed by atoms with E-state index in [4.69, 9.17) is 4.52 Å². The summed E-state index contributed by atoms with van der Waals surface area (Å²) in [5.74, 6) is 1.36. The lowest BCUT2D eigenvalue weighted by atomic mass is 9.89. The fourth-order valence-electron chi connectivity index (χ4n) is 3.27. The van der Waals surface area contributed by atoms with Crippen molar-refractivity contribution in [3.8, 4) is 0 Å². The molecule has 1 fully saturated rings. The van der Waals surface area contributed by atoms with Crippen LogP contribution in [0.1, 0.15) is 60.1 Å². The molecule has 1 saturated carbocycles. The first-order valence-corrected chi connectivity index (χ1v) is 8.59. The van der Waals surface area contributed by atoms with Crippen molar-refractivity contribution in [1.82, 2.24) is 30.2 Å². The van der Waals surface area contributed by atoms with E-state index < -0.39 is 0 Å². The topological polar surface area (TPSA) is 98.7 Å². The molecule has 0 radical (unpaired) electrons. The summed E-state index contributed by atoms with van der Waals surface area (Å²) in [6, 6.07) is 1.77. The fourth-order valence-corrected chi connectivity index (χ4v) is 3.27. The van der Waals surface area contributed by atoms with Crippen molar-refractivity contribution in [2.24, 2.45) is 7.05 Å². The van der Waals surface area contributed by atoms with Gasteiger partial charge >= 0.3 is 0 Å². The zero-order valence-corrected chi connectivity index (χ0v) is 14.1. The number of carbonyl (C=O) groups excluding carboxylic acids is 1. The van der Waals surface area contributed by atoms with Crippen molar-refractivity contribution >= 4 is 16.9 Å². The van der Waals surface area contributed by atoms with E-state index >= 15 is 0 Å². The number of aromatic nitrogens is 5. The standard InChI is InChI=1S/C17H20N6O2/c1-23-14-7-12(8-18-13(14)9-20-23)17(24)19-10-15-21-16(22-25-15)11-5-3-2-4-6-11/h7-9,11H,2-6,10H2,1H3,(H,19,24). The van der Waals surface area contributed by atoms with Crippen LogP contribution in [0.25, 0.3) is 11.0 Å². The molecule has 3 aromatic heterocycles. The Morgan fingerprint density at radius 1 is 1.32 bits per heavy atom. The molecule has 1 amide bonds. The molecule has 0 aromatic carbocycles. The van der Waals surface area contributed by atoms with Gasteiger partial charge in [0.2, 0.25) is 5.89 Å². The highest BCUT2D eigenvalue weighted by Crippen LogP contribution is 2.30. The highest BCUT2D eigenvalue weighted by atomic mass is 16.5. The van der Waals surface area contributed by atoms with Crippen LogP contribution in [0.3, 0.4) is 0 Å². The molecule has 0 spiro atoms. The Kier molecular flexibility index (Phi) is 4.17. The highest BCUT2D eigenvalue weighted by Gasteiger charge is 2.21. The Hall–Kier alpha value is -2.77. The van der Waals surface area contributed by atoms with E-state index in [0.717, 1.165) is 29.7 Å². The number of nitrogens with one attached hydrogen (secondary N) is 1. The van der Waals surface area contributed by atoms with Gasteiger partial charge in [-0.15, -0.1) is 0 Å². The molecule has 0 aliphatic heterocycles. The molecule has 1 aliphatic carbocycles. The largest absolute Gasteiger partial charge is 0.343 e. The summed E-state index contributed by atoms with van der Waals surface area (Å²) in [6.07, 6.45) is 9.15. The Labute approximate surface area is 144 Å². The second-order valence-electron chi connectivity index (χ2n) is 6.46. The first kappa shape index (κ1) is 15.7. The SMILES string of the molecule is Cn1ncc2ncc(C(=O)NCc3nc(C4CCCCC4)no3)cc21. The van der Waals surface area contributed by atoms with Crippen LogP contribution >= 0.6 is 0 Å². The molecule has 3 heterocycles. The number of hydrogen-bond donors (Lipinski definition) is 1. The van der Waals surface area contributed by atoms with Crippen LogP contribution in [-0.4, -0.2) is 30.8 Å². The molecular formula is C17H20N6O2. The molecule has 1 N–H and O–H groups in total. The smallest absolute Gasteiger partial charge is 0.253 e. The predicted octanol–water partition coefficient (Wildman–Crippen LogP) is 2.33. The molecule has 8 heteroatoms. The molecule has 130 valence electrons. The van der Waals surface area contributed by atoms with Gasteiger partial charge in [-0.3, -0.25) is 14.5 Å². The monoisotopic (exact) mass is 340 g/mol. The van der Waals surface area contributed by atoms with Crippen molar-refractivity contribution in [3.05, 3.63) is 35.7 Å². The maximum Gasteiger partial charge on any atom is 0.253 e. The molecule has 8 nitrogen and oxygen atoms in total. The quantitative estimate of drug-likeness (QED) is 0.782. The zero-order chi connectivity index (χ0) is 17.2. The lowest BCUT2D eigenvalue weighted by molar-refractivity contribution is 0.0946. The van der Waals surface area contributed by atoms with Gasteiger partial charge in [-0.25, -0.2) is 0 Å². The number of carbonyl (C=O) groups is 1. The molecule has 3 aromatic rings. The van der Waals surface area contributed by atoms with Crippen LogP contribution in [0.5, 0.6) is 0 Å². The number of amides is 1. The summed E-state index contributed by atoms with van der Waals surface area (Å²) in [5, 5.41) is 11.0. The van der Waals surface area contributed by atoms with E-state index in [-0.39, 0.29) is 12.5 Å². The van der Waals surface area contributed by atoms with E-state index in [1.54, 1.807) is 23.1 Å². The Bertz CT molecular complexity index is 894. The van der Waals surface area contributed by atoms with Gasteiger partial charge in [0.25, 0.3) is 5.91 Å². The summed E-state index contributed by atoms with van der Waals surface area (Å²) in [7, 11) is 1.82. The summed E-state index contributed by atoms with van der Waals surface area (Å²) in [6.45, 7) is 0.210. The second kappa shape index (κ2) is 6.62. The van der Waals surface area contributed by atoms with Crippen LogP contribution in [-0.2, 0) is 13.6 Å². The van der Waals surface area contributed by atoms with Crippen LogP contribution in [0, 0.1) is 0 Å². The van der Waals surface area contributed by atoms with Crippen LogP contribution in [0.2, 0.25) is 0 Å². The predicted molar refractivity (Wildman–Crippen MR) is 89.8 cm³/mol. The van der Waals surface area contributed by atoms with Gasteiger partial charge in [-0.1, -0.05) is 24.4 Å². The van der Waals surface area contributed by atoms with Gasteiger partial charge in [0.1, 0.15) is 5.52 Å². The number of pyridine rings is 1. The van der Waals surface area contributed by atoms with E-state index in [2.05, 4.69) is 25.5 Å². The normalized spacial score (nSPS) is 15.6. The minimum Gasteiger partial charge on any atom is -0.343 e. The average molecular weight is 340 g/mol. The van der Waals surface area contributed by atoms with Gasteiger partial charge in [-0.2, -0.15) is 10.1 Å². The fraction of sp³-hybridized carbons (Fsp3) is 0.471. The first-order valence-electron chi connectivity index (χ1n) is 8.59. The van der Waals surface area contributed by atoms with E-state index in [1.165, 1.54) is 19.3 Å². The van der Waals surface area contributed by atoms with Gasteiger partial charge < -0.3 is 9.84 Å². The molecule has 1 aliphatic rings. The van der Waals surface area contributed by atoms with E-state index in [0.29, 0.717) is 17.4 Å². The maximum absolute atomic E-state index is 12.3. The molecule has 4 rings (SSSR count). The van der Waals surface area contributed by atoms with Crippen molar-refractivity contribution in [3.63, 3.8) is 0 Å². The molecule has 0 bridgehead atoms. The average Bonchev–Trinajstić information content (AvgIpc) is 3.27. The third-order valence-electron chi connectivity index (χ3n) is 4.72. The van der Waals surface area contributed by atoms with E-state index in [9.17, 15) is 4.79 Å². The second-order valence-corrected chi connectivity index (χ2v) is 6.46. The molecule has 0 saturated heterocycles. The van der Waals surface area contributed by atoms with Crippen LogP contribution in [0.4, 0.5) is 0 Å². The van der Waals surface area contributed by atoms with Crippen LogP contribution < -0.4 is 5.32 Å². The zero-order valence-electron chi connectivity index (χ0n) is 14.1. The lowest BCUT2D eigenvalue weighted by Crippen LogP contribution is -2.23. The van der Waals surface area contributed by atoms with Crippen molar-refractivity contribution in [2.45, 2.75) is 44.6 Å². The lowest BCUT2D eigenvalue weighted by Gasteiger charge is -2.17. The molecule has 0 atom stereocenters. The highest BCUT2D eigenvalue weighted by molar-refractivity contribution is 5.96. The summed E-state index contributed by atoms with van der Waals surface area (Å²) >= 11 is 0. The van der Waals surface area contributed by atoms with Crippen molar-refractivity contribution < 1.29 is 9.32 Å². The number of nitrogens with zero attached hydrogens (tertiary/aromatic N) is 5. The maximum atomic E-state index is 12.3. The van der Waals surface area contributed by atoms with Gasteiger partial charge in [0.15, 0.2) is 5.82 Å². The number of fused-ring (bicyclic) bond motifs is 1. The molecule has 0 unspecified atom stereocenters. The third kappa shape index (κ3) is 3.24. The Balaban J connectivity index is 1.41. The van der Waals surface area contributed by atoms with Crippen LogP contribution in [0.15, 0.2) is 23.0 Å². The summed E-state index contributed by atoms with van der Waals surface area (Å²) in [5.41, 5.74) is 2.04. The number of rotatable bonds is 4. The van der Waals surface area contributed by atoms with Gasteiger partial charge in [0, 0.05) is 19.2 Å². The van der Waals surface area contributed by atoms with E-state index in [1.807, 2.05) is 7.05 Å². The molecule has 25 heavy (non-hydrogen) atoms. The Morgan fingerprint density at radius 2 is 2.16 bits per heavy atom. The third-order valence-corrected chi connectivity index (χ3v) is 4.72. The van der Waals surface area contributed by atoms with Gasteiger partial charge in [-0.05, 0) is 18.9 Å². The summed E-state index contributed by atoms with van der Waals surface area (Å²) in [4.78, 5) is 21.0. The number of aryl methyl sites for hydroxylation is 1. The summed E-state index contributed by atoms with van der Waals surface area (Å²) < 4.78 is 6.96. The first-order chi connectivity index (χ1) is 12.2. The Morgan fingerprint density at radius 3 is 3.00 bits per heavy atom. The van der Waals surface area contributed by atoms with Crippen molar-refractivity contribution in [2.75, 3.05) is 0 Å². The minimum absolute atomic E-state index is 0.210. The van der Waals surface area contributed by atoms with Gasteiger partial charge in [0.05, 0.1) is 23.8 Å². The molecular weight excluding hydrogens is 320 g/mol. The number of hydrogen-bond acceptors (Lipinski definition) is 6. The minimum atomic E-state index is -0.229.